The summed E-state index contributed by atoms with van der Waals surface area (Å²) in [5.74, 6) is 1.78. The smallest absolute Gasteiger partial charge is 0.155 e. The van der Waals surface area contributed by atoms with Gasteiger partial charge in [0.05, 0.1) is 5.54 Å². The summed E-state index contributed by atoms with van der Waals surface area (Å²) in [7, 11) is 0. The van der Waals surface area contributed by atoms with Crippen LogP contribution in [0.3, 0.4) is 0 Å². The first kappa shape index (κ1) is 11.1. The topological polar surface area (TPSA) is 43.1 Å². The van der Waals surface area contributed by atoms with E-state index in [2.05, 4.69) is 6.92 Å². The molecule has 0 heterocycles. The van der Waals surface area contributed by atoms with Crippen LogP contribution in [0.1, 0.15) is 52.4 Å². The van der Waals surface area contributed by atoms with Crippen LogP contribution in [-0.2, 0) is 4.79 Å². The lowest BCUT2D eigenvalue weighted by Crippen LogP contribution is -2.50. The van der Waals surface area contributed by atoms with Crippen molar-refractivity contribution < 1.29 is 4.79 Å². The van der Waals surface area contributed by atoms with Crippen molar-refractivity contribution in [3.05, 3.63) is 0 Å². The molecule has 0 amide bonds. The number of carbonyl (C=O) groups excluding carboxylic acids is 1. The Morgan fingerprint density at radius 1 is 1.27 bits per heavy atom. The second-order valence-corrected chi connectivity index (χ2v) is 5.89. The lowest BCUT2D eigenvalue weighted by molar-refractivity contribution is -0.129. The Balaban J connectivity index is 1.99. The summed E-state index contributed by atoms with van der Waals surface area (Å²) in [6, 6.07) is 0. The van der Waals surface area contributed by atoms with Crippen molar-refractivity contribution in [1.82, 2.24) is 0 Å². The van der Waals surface area contributed by atoms with Crippen LogP contribution in [0.5, 0.6) is 0 Å². The van der Waals surface area contributed by atoms with E-state index in [1.807, 2.05) is 6.92 Å². The van der Waals surface area contributed by atoms with E-state index in [-0.39, 0.29) is 5.92 Å². The molecule has 2 rings (SSSR count). The second kappa shape index (κ2) is 3.89. The molecule has 3 unspecified atom stereocenters. The first-order valence-corrected chi connectivity index (χ1v) is 6.35. The highest BCUT2D eigenvalue weighted by molar-refractivity contribution is 5.90. The first-order chi connectivity index (χ1) is 7.01. The van der Waals surface area contributed by atoms with Gasteiger partial charge in [-0.15, -0.1) is 0 Å². The summed E-state index contributed by atoms with van der Waals surface area (Å²) >= 11 is 0. The van der Waals surface area contributed by atoms with Crippen LogP contribution >= 0.6 is 0 Å². The molecule has 0 aromatic heterocycles. The predicted octanol–water partition coefficient (Wildman–Crippen LogP) is 2.51. The molecule has 2 aliphatic carbocycles. The van der Waals surface area contributed by atoms with Gasteiger partial charge >= 0.3 is 0 Å². The van der Waals surface area contributed by atoms with E-state index in [1.165, 1.54) is 12.8 Å². The van der Waals surface area contributed by atoms with E-state index in [9.17, 15) is 4.79 Å². The maximum absolute atomic E-state index is 12.3. The molecule has 0 bridgehead atoms. The minimum Gasteiger partial charge on any atom is -0.319 e. The minimum atomic E-state index is -0.526. The van der Waals surface area contributed by atoms with E-state index in [0.717, 1.165) is 25.7 Å². The summed E-state index contributed by atoms with van der Waals surface area (Å²) in [4.78, 5) is 12.3. The highest BCUT2D eigenvalue weighted by Gasteiger charge is 2.46. The molecule has 15 heavy (non-hydrogen) atoms. The lowest BCUT2D eigenvalue weighted by Gasteiger charge is -2.32. The molecule has 2 heteroatoms. The van der Waals surface area contributed by atoms with Gasteiger partial charge in [0.1, 0.15) is 0 Å². The fraction of sp³-hybridized carbons (Fsp3) is 0.923. The van der Waals surface area contributed by atoms with Gasteiger partial charge in [-0.2, -0.15) is 0 Å². The molecule has 0 spiro atoms. The third kappa shape index (κ3) is 2.25. The summed E-state index contributed by atoms with van der Waals surface area (Å²) in [5.41, 5.74) is 5.67. The van der Waals surface area contributed by atoms with Gasteiger partial charge in [-0.1, -0.05) is 19.8 Å². The Kier molecular flexibility index (Phi) is 2.89. The van der Waals surface area contributed by atoms with Crippen molar-refractivity contribution in [3.63, 3.8) is 0 Å². The average molecular weight is 209 g/mol. The van der Waals surface area contributed by atoms with E-state index in [1.54, 1.807) is 0 Å². The van der Waals surface area contributed by atoms with Crippen LogP contribution in [0.15, 0.2) is 0 Å². The number of carbonyl (C=O) groups is 1. The van der Waals surface area contributed by atoms with Crippen LogP contribution in [-0.4, -0.2) is 11.3 Å². The monoisotopic (exact) mass is 209 g/mol. The molecule has 2 aliphatic rings. The van der Waals surface area contributed by atoms with E-state index in [0.29, 0.717) is 17.6 Å². The van der Waals surface area contributed by atoms with E-state index >= 15 is 0 Å². The van der Waals surface area contributed by atoms with Crippen molar-refractivity contribution in [2.75, 3.05) is 0 Å². The Hall–Kier alpha value is -0.370. The first-order valence-electron chi connectivity index (χ1n) is 6.35. The third-order valence-electron chi connectivity index (χ3n) is 4.26. The number of rotatable bonds is 3. The number of Topliss-reactive ketones (excluding diaryl/α,β-unsaturated/α-hetero) is 1. The van der Waals surface area contributed by atoms with Crippen LogP contribution in [0.25, 0.3) is 0 Å². The Bertz CT molecular complexity index is 255. The Morgan fingerprint density at radius 3 is 2.47 bits per heavy atom. The number of hydrogen-bond acceptors (Lipinski definition) is 2. The third-order valence-corrected chi connectivity index (χ3v) is 4.26. The number of hydrogen-bond donors (Lipinski definition) is 1. The van der Waals surface area contributed by atoms with Crippen molar-refractivity contribution >= 4 is 5.78 Å². The van der Waals surface area contributed by atoms with Crippen LogP contribution in [0, 0.1) is 17.8 Å². The number of ketones is 1. The fourth-order valence-electron chi connectivity index (χ4n) is 3.00. The SMILES string of the molecule is CC1CCCC(C(=O)C(C)(N)C2CC2)C1. The molecule has 3 atom stereocenters. The number of nitrogens with two attached hydrogens (primary N) is 1. The molecule has 0 saturated heterocycles. The molecule has 0 radical (unpaired) electrons. The molecule has 2 saturated carbocycles. The average Bonchev–Trinajstić information content (AvgIpc) is 2.99. The van der Waals surface area contributed by atoms with E-state index in [4.69, 9.17) is 5.73 Å². The van der Waals surface area contributed by atoms with Crippen molar-refractivity contribution in [2.45, 2.75) is 57.9 Å². The van der Waals surface area contributed by atoms with Gasteiger partial charge in [0.2, 0.25) is 0 Å². The van der Waals surface area contributed by atoms with Gasteiger partial charge in [-0.3, -0.25) is 4.79 Å². The van der Waals surface area contributed by atoms with Gasteiger partial charge in [0.25, 0.3) is 0 Å². The molecule has 0 aromatic carbocycles. The molecular weight excluding hydrogens is 186 g/mol. The summed E-state index contributed by atoms with van der Waals surface area (Å²) in [6.45, 7) is 4.21. The van der Waals surface area contributed by atoms with Gasteiger partial charge in [0, 0.05) is 5.92 Å². The van der Waals surface area contributed by atoms with Crippen molar-refractivity contribution in [3.8, 4) is 0 Å². The molecule has 0 aromatic rings. The van der Waals surface area contributed by atoms with Crippen LogP contribution in [0.4, 0.5) is 0 Å². The normalized spacial score (nSPS) is 35.9. The zero-order valence-electron chi connectivity index (χ0n) is 9.96. The van der Waals surface area contributed by atoms with Crippen LogP contribution < -0.4 is 5.73 Å². The molecule has 0 aliphatic heterocycles. The second-order valence-electron chi connectivity index (χ2n) is 5.89. The van der Waals surface area contributed by atoms with Gasteiger partial charge in [-0.05, 0) is 44.4 Å². The summed E-state index contributed by atoms with van der Waals surface area (Å²) in [6.07, 6.45) is 6.94. The molecule has 2 fully saturated rings. The van der Waals surface area contributed by atoms with Crippen molar-refractivity contribution in [1.29, 1.82) is 0 Å². The predicted molar refractivity (Wildman–Crippen MR) is 61.4 cm³/mol. The Morgan fingerprint density at radius 2 is 1.93 bits per heavy atom. The van der Waals surface area contributed by atoms with Gasteiger partial charge in [-0.25, -0.2) is 0 Å². The molecular formula is C13H23NO. The van der Waals surface area contributed by atoms with Gasteiger partial charge in [0.15, 0.2) is 5.78 Å². The maximum Gasteiger partial charge on any atom is 0.155 e. The minimum absolute atomic E-state index is 0.254. The quantitative estimate of drug-likeness (QED) is 0.776. The molecule has 86 valence electrons. The summed E-state index contributed by atoms with van der Waals surface area (Å²) in [5, 5.41) is 0. The largest absolute Gasteiger partial charge is 0.319 e. The highest BCUT2D eigenvalue weighted by atomic mass is 16.1. The van der Waals surface area contributed by atoms with Crippen molar-refractivity contribution in [2.24, 2.45) is 23.5 Å². The molecule has 2 N–H and O–H groups in total. The van der Waals surface area contributed by atoms with E-state index < -0.39 is 5.54 Å². The summed E-state index contributed by atoms with van der Waals surface area (Å²) < 4.78 is 0. The van der Waals surface area contributed by atoms with Crippen LogP contribution in [0.2, 0.25) is 0 Å². The Labute approximate surface area is 92.6 Å². The highest BCUT2D eigenvalue weighted by Crippen LogP contribution is 2.42. The zero-order valence-corrected chi connectivity index (χ0v) is 9.96. The molecule has 2 nitrogen and oxygen atoms in total. The zero-order chi connectivity index (χ0) is 11.1. The lowest BCUT2D eigenvalue weighted by atomic mass is 9.74. The maximum atomic E-state index is 12.3. The van der Waals surface area contributed by atoms with Gasteiger partial charge < -0.3 is 5.73 Å². The fourth-order valence-corrected chi connectivity index (χ4v) is 3.00. The standard InChI is InChI=1S/C13H23NO/c1-9-4-3-5-10(8-9)12(15)13(2,14)11-6-7-11/h9-11H,3-8,14H2,1-2H3.